The first kappa shape index (κ1) is 56.8. The number of nitrogens with zero attached hydrogens (tertiary/aromatic N) is 6. The molecule has 2 saturated heterocycles. The Morgan fingerprint density at radius 2 is 0.864 bits per heavy atom. The molecule has 66 heavy (non-hydrogen) atoms. The predicted octanol–water partition coefficient (Wildman–Crippen LogP) is 10.5. The molecule has 0 N–H and O–H groups in total. The van der Waals surface area contributed by atoms with E-state index in [1.165, 1.54) is 23.0 Å². The number of thioether (sulfide) groups is 8. The van der Waals surface area contributed by atoms with Crippen LogP contribution in [0.4, 0.5) is 0 Å². The fraction of sp³-hybridized carbons (Fsp3) is 0.708. The zero-order valence-corrected chi connectivity index (χ0v) is 45.5. The monoisotopic (exact) mass is 1050 g/mol. The standard InChI is InChI=1S/C48H68N6O4S8/c1-59-17-19-61-21-23-63-25-27-65-37-29-39(41(33-49)45(31-37)53-11-5-6-12-53)43(35-51)47(55)57-15-9-3-4-10-16-58-48(56)44(36-52)40-30-38(66-28-26-64-24-22-62-20-18-60-2)32-46(42(40)34-50)54-13-7-8-14-54/h37-38H,3-32H2,1-2H3/b43-39+,44-40+. The minimum absolute atomic E-state index is 0.0643. The number of allylic oxidation sites excluding steroid dienone is 6. The first-order valence-corrected chi connectivity index (χ1v) is 32.8. The van der Waals surface area contributed by atoms with Crippen LogP contribution >= 0.6 is 94.1 Å². The molecule has 2 aliphatic heterocycles. The van der Waals surface area contributed by atoms with Gasteiger partial charge in [0.25, 0.3) is 0 Å². The largest absolute Gasteiger partial charge is 0.462 e. The summed E-state index contributed by atoms with van der Waals surface area (Å²) in [4.78, 5) is 31.4. The molecule has 4 rings (SSSR count). The number of esters is 2. The van der Waals surface area contributed by atoms with Crippen molar-refractivity contribution in [3.8, 4) is 24.3 Å². The number of hydrogen-bond donors (Lipinski definition) is 0. The Hall–Kier alpha value is -1.74. The van der Waals surface area contributed by atoms with Crippen molar-refractivity contribution in [2.24, 2.45) is 0 Å². The molecule has 0 amide bonds. The molecule has 0 radical (unpaired) electrons. The van der Waals surface area contributed by atoms with E-state index in [0.717, 1.165) is 122 Å². The molecule has 2 fully saturated rings. The van der Waals surface area contributed by atoms with E-state index in [0.29, 0.717) is 60.8 Å². The van der Waals surface area contributed by atoms with Gasteiger partial charge in [0.05, 0.1) is 24.4 Å². The number of ether oxygens (including phenoxy) is 2. The van der Waals surface area contributed by atoms with E-state index < -0.39 is 11.9 Å². The van der Waals surface area contributed by atoms with E-state index in [4.69, 9.17) is 9.47 Å². The molecular weight excluding hydrogens is 981 g/mol. The highest BCUT2D eigenvalue weighted by atomic mass is 32.2. The maximum atomic E-state index is 13.4. The van der Waals surface area contributed by atoms with Crippen LogP contribution in [0, 0.1) is 45.3 Å². The van der Waals surface area contributed by atoms with Gasteiger partial charge in [-0.05, 0) is 87.9 Å². The number of rotatable bonds is 31. The number of likely N-dealkylation sites (tertiary alicyclic amines) is 2. The normalized spacial score (nSPS) is 20.2. The van der Waals surface area contributed by atoms with Gasteiger partial charge in [0, 0.05) is 130 Å². The van der Waals surface area contributed by atoms with Gasteiger partial charge in [0.2, 0.25) is 0 Å². The lowest BCUT2D eigenvalue weighted by Gasteiger charge is -2.32. The lowest BCUT2D eigenvalue weighted by Crippen LogP contribution is -2.28. The van der Waals surface area contributed by atoms with Crippen LogP contribution in [-0.4, -0.2) is 153 Å². The summed E-state index contributed by atoms with van der Waals surface area (Å²) in [6, 6.07) is 8.99. The van der Waals surface area contributed by atoms with E-state index >= 15 is 0 Å². The average Bonchev–Trinajstić information content (AvgIpc) is 4.08. The Bertz CT molecular complexity index is 1720. The Morgan fingerprint density at radius 1 is 0.515 bits per heavy atom. The zero-order valence-electron chi connectivity index (χ0n) is 39.0. The summed E-state index contributed by atoms with van der Waals surface area (Å²) in [6.07, 6.45) is 13.6. The maximum absolute atomic E-state index is 13.4. The van der Waals surface area contributed by atoms with E-state index in [1.54, 1.807) is 0 Å². The van der Waals surface area contributed by atoms with Crippen molar-refractivity contribution in [3.63, 3.8) is 0 Å². The molecule has 10 nitrogen and oxygen atoms in total. The lowest BCUT2D eigenvalue weighted by atomic mass is 9.87. The van der Waals surface area contributed by atoms with Crippen molar-refractivity contribution in [2.45, 2.75) is 87.5 Å². The van der Waals surface area contributed by atoms with Crippen LogP contribution in [0.15, 0.2) is 44.8 Å². The quantitative estimate of drug-likeness (QED) is 0.0280. The van der Waals surface area contributed by atoms with Gasteiger partial charge in [-0.15, -0.1) is 0 Å². The summed E-state index contributed by atoms with van der Waals surface area (Å²) in [5, 5.41) is 41.6. The maximum Gasteiger partial charge on any atom is 0.349 e. The van der Waals surface area contributed by atoms with Crippen LogP contribution in [0.1, 0.15) is 77.0 Å². The van der Waals surface area contributed by atoms with Gasteiger partial charge in [-0.3, -0.25) is 0 Å². The second-order valence-corrected chi connectivity index (χ2v) is 25.8. The van der Waals surface area contributed by atoms with Gasteiger partial charge >= 0.3 is 11.9 Å². The Balaban J connectivity index is 1.26. The first-order chi connectivity index (χ1) is 32.4. The van der Waals surface area contributed by atoms with Gasteiger partial charge in [0.1, 0.15) is 35.4 Å². The van der Waals surface area contributed by atoms with Crippen LogP contribution in [0.25, 0.3) is 0 Å². The third-order valence-corrected chi connectivity index (χ3v) is 20.8. The molecule has 362 valence electrons. The topological polar surface area (TPSA) is 154 Å². The van der Waals surface area contributed by atoms with Gasteiger partial charge in [0.15, 0.2) is 0 Å². The molecule has 2 heterocycles. The minimum Gasteiger partial charge on any atom is -0.462 e. The van der Waals surface area contributed by atoms with Crippen LogP contribution in [-0.2, 0) is 19.1 Å². The molecule has 2 unspecified atom stereocenters. The van der Waals surface area contributed by atoms with Crippen LogP contribution in [0.3, 0.4) is 0 Å². The molecule has 0 aromatic rings. The molecule has 0 aromatic carbocycles. The highest BCUT2D eigenvalue weighted by molar-refractivity contribution is 8.06. The first-order valence-electron chi connectivity index (χ1n) is 23.3. The van der Waals surface area contributed by atoms with Crippen LogP contribution in [0.5, 0.6) is 0 Å². The van der Waals surface area contributed by atoms with Crippen molar-refractivity contribution in [3.05, 3.63) is 44.8 Å². The van der Waals surface area contributed by atoms with E-state index in [1.807, 2.05) is 94.1 Å². The van der Waals surface area contributed by atoms with Crippen molar-refractivity contribution < 1.29 is 19.1 Å². The molecule has 2 aliphatic carbocycles. The van der Waals surface area contributed by atoms with Crippen molar-refractivity contribution >= 4 is 106 Å². The number of carbonyl (C=O) groups is 2. The van der Waals surface area contributed by atoms with Crippen molar-refractivity contribution in [1.82, 2.24) is 9.80 Å². The summed E-state index contributed by atoms with van der Waals surface area (Å²) < 4.78 is 11.3. The SMILES string of the molecule is CSCCSCCSCCSC1CC(N2CCCC2)=C(C#N)/C(=C(\C#N)C(=O)OCCCCCCOC(=O)/C(C#N)=C2\CC(SCCSCCSCCSC)CC(N3CCCC3)=C2C#N)C1. The minimum atomic E-state index is -0.681. The second-order valence-electron chi connectivity index (χ2n) is 16.1. The van der Waals surface area contributed by atoms with Gasteiger partial charge in [-0.1, -0.05) is 0 Å². The number of unbranched alkanes of at least 4 members (excludes halogenated alkanes) is 3. The lowest BCUT2D eigenvalue weighted by molar-refractivity contribution is -0.139. The molecule has 0 bridgehead atoms. The molecular formula is C48H68N6O4S8. The van der Waals surface area contributed by atoms with E-state index in [9.17, 15) is 30.6 Å². The Labute approximate surface area is 430 Å². The molecule has 0 spiro atoms. The third-order valence-electron chi connectivity index (χ3n) is 11.6. The summed E-state index contributed by atoms with van der Waals surface area (Å²) in [5.74, 6) is 12.0. The van der Waals surface area contributed by atoms with Gasteiger partial charge in [-0.2, -0.15) is 115 Å². The van der Waals surface area contributed by atoms with Crippen LogP contribution < -0.4 is 0 Å². The van der Waals surface area contributed by atoms with Crippen molar-refractivity contribution in [1.29, 1.82) is 21.0 Å². The van der Waals surface area contributed by atoms with Gasteiger partial charge in [-0.25, -0.2) is 9.59 Å². The highest BCUT2D eigenvalue weighted by Gasteiger charge is 2.35. The van der Waals surface area contributed by atoms with Gasteiger partial charge < -0.3 is 19.3 Å². The summed E-state index contributed by atoms with van der Waals surface area (Å²) >= 11 is 15.5. The third kappa shape index (κ3) is 19.6. The fourth-order valence-electron chi connectivity index (χ4n) is 8.27. The Morgan fingerprint density at radius 3 is 1.20 bits per heavy atom. The smallest absolute Gasteiger partial charge is 0.349 e. The summed E-state index contributed by atoms with van der Waals surface area (Å²) in [5.41, 5.74) is 3.76. The van der Waals surface area contributed by atoms with Crippen LogP contribution in [0.2, 0.25) is 0 Å². The predicted molar refractivity (Wildman–Crippen MR) is 290 cm³/mol. The summed E-state index contributed by atoms with van der Waals surface area (Å²) in [6.45, 7) is 3.80. The highest BCUT2D eigenvalue weighted by Crippen LogP contribution is 2.42. The second kappa shape index (κ2) is 34.5. The molecule has 4 aliphatic rings. The fourth-order valence-corrected chi connectivity index (χ4v) is 16.7. The molecule has 0 saturated carbocycles. The molecule has 18 heteroatoms. The number of nitriles is 4. The number of carbonyl (C=O) groups excluding carboxylic acids is 2. The van der Waals surface area contributed by atoms with E-state index in [-0.39, 0.29) is 34.9 Å². The van der Waals surface area contributed by atoms with E-state index in [2.05, 4.69) is 46.6 Å². The molecule has 0 aromatic heterocycles. The zero-order chi connectivity index (χ0) is 47.2. The average molecular weight is 1050 g/mol. The molecule has 2 atom stereocenters. The summed E-state index contributed by atoms with van der Waals surface area (Å²) in [7, 11) is 0. The van der Waals surface area contributed by atoms with Crippen molar-refractivity contribution in [2.75, 3.05) is 121 Å². The Kier molecular flexibility index (Phi) is 29.7. The number of hydrogen-bond acceptors (Lipinski definition) is 18.